The molecule has 2 aliphatic rings. The highest BCUT2D eigenvalue weighted by atomic mass is 32.2. The second kappa shape index (κ2) is 21.3. The minimum Gasteiger partial charge on any atom is -0.385 e. The third kappa shape index (κ3) is 11.5. The van der Waals surface area contributed by atoms with Crippen LogP contribution in [0.4, 0.5) is 5.82 Å². The lowest BCUT2D eigenvalue weighted by atomic mass is 9.90. The maximum absolute atomic E-state index is 13.1. The van der Waals surface area contributed by atoms with Crippen molar-refractivity contribution in [2.75, 3.05) is 25.6 Å². The Morgan fingerprint density at radius 3 is 2.16 bits per heavy atom. The zero-order valence-electron chi connectivity index (χ0n) is 32.2. The number of thioether (sulfide) groups is 1. The van der Waals surface area contributed by atoms with Crippen LogP contribution in [-0.2, 0) is 34.4 Å². The van der Waals surface area contributed by atoms with Gasteiger partial charge in [-0.25, -0.2) is 14.1 Å². The molecule has 1 saturated heterocycles. The number of fused-ring (bicyclic) bond motifs is 2. The molecule has 0 bridgehead atoms. The molecule has 1 aliphatic carbocycles. The molecular formula is C40H60N5O8PS. The topological polar surface area (TPSA) is 195 Å². The van der Waals surface area contributed by atoms with Crippen LogP contribution in [0, 0.1) is 11.3 Å². The van der Waals surface area contributed by atoms with Crippen LogP contribution >= 0.6 is 19.6 Å². The zero-order valence-corrected chi connectivity index (χ0v) is 33.9. The van der Waals surface area contributed by atoms with E-state index in [4.69, 9.17) is 24.3 Å². The van der Waals surface area contributed by atoms with Crippen molar-refractivity contribution < 1.29 is 38.2 Å². The third-order valence-corrected chi connectivity index (χ3v) is 12.9. The molecule has 1 saturated carbocycles. The normalized spacial score (nSPS) is 24.7. The van der Waals surface area contributed by atoms with Gasteiger partial charge in [0.05, 0.1) is 24.2 Å². The van der Waals surface area contributed by atoms with Gasteiger partial charge in [0.25, 0.3) is 0 Å². The number of hydrogen-bond acceptors (Lipinski definition) is 12. The first kappa shape index (κ1) is 43.6. The highest BCUT2D eigenvalue weighted by Crippen LogP contribution is 2.63. The van der Waals surface area contributed by atoms with Gasteiger partial charge in [0.2, 0.25) is 5.60 Å². The van der Waals surface area contributed by atoms with E-state index in [1.807, 2.05) is 36.4 Å². The lowest BCUT2D eigenvalue weighted by Crippen LogP contribution is -2.47. The first-order valence-corrected chi connectivity index (χ1v) is 22.7. The molecule has 2 aromatic heterocycles. The van der Waals surface area contributed by atoms with Crippen LogP contribution in [-0.4, -0.2) is 78.7 Å². The highest BCUT2D eigenvalue weighted by molar-refractivity contribution is 7.99. The molecule has 55 heavy (non-hydrogen) atoms. The summed E-state index contributed by atoms with van der Waals surface area (Å²) < 4.78 is 37.1. The van der Waals surface area contributed by atoms with Crippen LogP contribution in [0.25, 0.3) is 5.52 Å². The van der Waals surface area contributed by atoms with Gasteiger partial charge in [0.15, 0.2) is 11.4 Å². The summed E-state index contributed by atoms with van der Waals surface area (Å²) in [6.07, 6.45) is 17.5. The lowest BCUT2D eigenvalue weighted by Gasteiger charge is -2.29. The third-order valence-electron chi connectivity index (χ3n) is 10.7. The molecular weight excluding hydrogens is 742 g/mol. The van der Waals surface area contributed by atoms with Crippen LogP contribution in [0.1, 0.15) is 121 Å². The number of hydrogen-bond donors (Lipinski definition) is 4. The largest absolute Gasteiger partial charge is 0.472 e. The Morgan fingerprint density at radius 2 is 1.58 bits per heavy atom. The molecule has 0 amide bonds. The summed E-state index contributed by atoms with van der Waals surface area (Å²) >= 11 is 1.55. The maximum Gasteiger partial charge on any atom is 0.472 e. The van der Waals surface area contributed by atoms with Gasteiger partial charge in [-0.3, -0.25) is 9.05 Å². The van der Waals surface area contributed by atoms with Crippen molar-refractivity contribution in [2.24, 2.45) is 0 Å². The average molecular weight is 802 g/mol. The van der Waals surface area contributed by atoms with Gasteiger partial charge in [-0.2, -0.15) is 10.4 Å². The average Bonchev–Trinajstić information content (AvgIpc) is 3.42. The molecule has 3 aromatic rings. The first-order chi connectivity index (χ1) is 26.7. The fourth-order valence-corrected chi connectivity index (χ4v) is 9.43. The predicted octanol–water partition coefficient (Wildman–Crippen LogP) is 7.62. The number of phosphoric ester groups is 1. The summed E-state index contributed by atoms with van der Waals surface area (Å²) in [6.45, 7) is 3.03. The summed E-state index contributed by atoms with van der Waals surface area (Å²) in [6, 6.07) is 14.9. The number of ether oxygens (including phenoxy) is 2. The van der Waals surface area contributed by atoms with Crippen molar-refractivity contribution in [3.63, 3.8) is 0 Å². The van der Waals surface area contributed by atoms with Gasteiger partial charge >= 0.3 is 7.82 Å². The van der Waals surface area contributed by atoms with Crippen molar-refractivity contribution in [1.82, 2.24) is 14.6 Å². The molecule has 13 nitrogen and oxygen atoms in total. The maximum atomic E-state index is 13.1. The highest BCUT2D eigenvalue weighted by Gasteiger charge is 2.83. The van der Waals surface area contributed by atoms with Gasteiger partial charge in [-0.1, -0.05) is 134 Å². The van der Waals surface area contributed by atoms with E-state index in [2.05, 4.69) is 17.0 Å². The number of nitrogen functional groups attached to an aromatic ring is 1. The van der Waals surface area contributed by atoms with E-state index in [9.17, 15) is 24.9 Å². The van der Waals surface area contributed by atoms with Gasteiger partial charge in [-0.15, -0.1) is 11.8 Å². The smallest absolute Gasteiger partial charge is 0.385 e. The Labute approximate surface area is 329 Å². The molecule has 0 spiro atoms. The van der Waals surface area contributed by atoms with E-state index in [-0.39, 0.29) is 23.4 Å². The number of aliphatic hydroxyl groups excluding tert-OH is 1. The quantitative estimate of drug-likeness (QED) is 0.0414. The van der Waals surface area contributed by atoms with Gasteiger partial charge in [0.1, 0.15) is 36.2 Å². The van der Waals surface area contributed by atoms with E-state index in [0.29, 0.717) is 24.5 Å². The van der Waals surface area contributed by atoms with Gasteiger partial charge < -0.3 is 30.3 Å². The fourth-order valence-electron chi connectivity index (χ4n) is 7.36. The predicted molar refractivity (Wildman–Crippen MR) is 213 cm³/mol. The Bertz CT molecular complexity index is 1700. The molecule has 7 atom stereocenters. The minimum absolute atomic E-state index is 0.118. The number of benzene rings is 1. The minimum atomic E-state index is -4.74. The van der Waals surface area contributed by atoms with Crippen molar-refractivity contribution in [2.45, 2.75) is 150 Å². The van der Waals surface area contributed by atoms with Crippen LogP contribution in [0.15, 0.2) is 48.8 Å². The fraction of sp³-hybridized carbons (Fsp3) is 0.675. The molecule has 1 aromatic carbocycles. The number of aromatic nitrogens is 3. The number of nitriles is 1. The number of phosphoric acid groups is 1. The summed E-state index contributed by atoms with van der Waals surface area (Å²) in [7, 11) is -4.74. The summed E-state index contributed by atoms with van der Waals surface area (Å²) in [4.78, 5) is 14.6. The van der Waals surface area contributed by atoms with E-state index in [0.717, 1.165) is 18.4 Å². The molecule has 5 N–H and O–H groups in total. The van der Waals surface area contributed by atoms with Crippen LogP contribution in [0.5, 0.6) is 0 Å². The number of nitrogens with two attached hydrogens (primary N) is 1. The van der Waals surface area contributed by atoms with Gasteiger partial charge in [0, 0.05) is 12.4 Å². The SMILES string of the molecule is CCCCCCCCCCCCCCCCCCOC[C@H](COP(=O)(O)OC1[C@H]2O[C@@](C#N)(c3ccc4c(N)ncnn34)[C@H](O)[C@@]12O)SCc1ccccc1. The Hall–Kier alpha value is -2.57. The summed E-state index contributed by atoms with van der Waals surface area (Å²) in [5, 5.41) is 36.6. The van der Waals surface area contributed by atoms with Crippen LogP contribution < -0.4 is 5.73 Å². The molecule has 1 aliphatic heterocycles. The molecule has 304 valence electrons. The zero-order chi connectivity index (χ0) is 39.2. The molecule has 2 fully saturated rings. The number of aliphatic hydroxyl groups is 2. The Morgan fingerprint density at radius 1 is 0.964 bits per heavy atom. The molecule has 15 heteroatoms. The van der Waals surface area contributed by atoms with E-state index in [1.54, 1.807) is 17.8 Å². The lowest BCUT2D eigenvalue weighted by molar-refractivity contribution is -0.105. The first-order valence-electron chi connectivity index (χ1n) is 20.1. The van der Waals surface area contributed by atoms with Crippen molar-refractivity contribution in [3.8, 4) is 6.07 Å². The number of anilines is 1. The summed E-state index contributed by atoms with van der Waals surface area (Å²) in [5.41, 5.74) is 3.33. The Balaban J connectivity index is 1.01. The molecule has 3 heterocycles. The number of rotatable bonds is 28. The van der Waals surface area contributed by atoms with E-state index in [1.165, 1.54) is 107 Å². The number of unbranched alkanes of at least 4 members (excludes halogenated alkanes) is 15. The van der Waals surface area contributed by atoms with E-state index < -0.39 is 37.3 Å². The van der Waals surface area contributed by atoms with Gasteiger partial charge in [-0.05, 0) is 24.1 Å². The molecule has 2 unspecified atom stereocenters. The van der Waals surface area contributed by atoms with E-state index >= 15 is 0 Å². The van der Waals surface area contributed by atoms with Crippen LogP contribution in [0.3, 0.4) is 0 Å². The van der Waals surface area contributed by atoms with Crippen LogP contribution in [0.2, 0.25) is 0 Å². The van der Waals surface area contributed by atoms with Crippen molar-refractivity contribution in [3.05, 3.63) is 60.0 Å². The molecule has 0 radical (unpaired) electrons. The standard InChI is InChI=1S/C40H60N5O8PS/c1-2-3-4-5-6-7-8-9-10-11-12-13-14-15-16-20-25-50-26-32(55-28-31-21-18-17-19-22-31)27-51-54(48,49)53-36-35-40(36,47)38(46)39(29-41,52-35)34-24-23-33-37(42)43-30-44-45(33)34/h17-19,21-24,30,32,35-36,38,46-47H,2-16,20,25-28H2,1H3,(H,48,49)(H2,42,43,44)/t32-,35-,36?,38+,39+,40+/m1/s1. The van der Waals surface area contributed by atoms with Crippen molar-refractivity contribution in [1.29, 1.82) is 5.26 Å². The molecule has 5 rings (SSSR count). The monoisotopic (exact) mass is 801 g/mol. The number of nitrogens with zero attached hydrogens (tertiary/aromatic N) is 4. The van der Waals surface area contributed by atoms with Crippen molar-refractivity contribution >= 4 is 30.9 Å². The Kier molecular flexibility index (Phi) is 16.8. The summed E-state index contributed by atoms with van der Waals surface area (Å²) in [5.74, 6) is 0.802. The second-order valence-corrected chi connectivity index (χ2v) is 17.6. The second-order valence-electron chi connectivity index (χ2n) is 14.9.